The van der Waals surface area contributed by atoms with Gasteiger partial charge in [0.2, 0.25) is 5.91 Å². The lowest BCUT2D eigenvalue weighted by Gasteiger charge is -2.15. The molecular formula is C19H26N4O. The molecule has 1 unspecified atom stereocenters. The van der Waals surface area contributed by atoms with Crippen molar-refractivity contribution in [3.8, 4) is 5.69 Å². The molecule has 1 heterocycles. The molecule has 2 aromatic rings. The summed E-state index contributed by atoms with van der Waals surface area (Å²) >= 11 is 0. The van der Waals surface area contributed by atoms with Gasteiger partial charge in [-0.3, -0.25) is 4.79 Å². The zero-order valence-corrected chi connectivity index (χ0v) is 14.7. The maximum atomic E-state index is 12.0. The summed E-state index contributed by atoms with van der Waals surface area (Å²) in [6.45, 7) is 7.40. The molecule has 5 heteroatoms. The Morgan fingerprint density at radius 1 is 1.29 bits per heavy atom. The van der Waals surface area contributed by atoms with E-state index in [4.69, 9.17) is 0 Å². The molecule has 5 nitrogen and oxygen atoms in total. The van der Waals surface area contributed by atoms with E-state index >= 15 is 0 Å². The maximum absolute atomic E-state index is 12.0. The molecule has 0 spiro atoms. The number of rotatable bonds is 7. The minimum absolute atomic E-state index is 0.00488. The third-order valence-corrected chi connectivity index (χ3v) is 4.44. The summed E-state index contributed by atoms with van der Waals surface area (Å²) in [6.07, 6.45) is 2.60. The molecule has 0 saturated heterocycles. The minimum Gasteiger partial charge on any atom is -0.348 e. The quantitative estimate of drug-likeness (QED) is 0.822. The molecule has 0 bridgehead atoms. The molecule has 1 saturated carbocycles. The van der Waals surface area contributed by atoms with Crippen molar-refractivity contribution >= 4 is 5.91 Å². The lowest BCUT2D eigenvalue weighted by atomic mass is 10.1. The van der Waals surface area contributed by atoms with E-state index in [0.29, 0.717) is 6.54 Å². The highest BCUT2D eigenvalue weighted by atomic mass is 16.1. The highest BCUT2D eigenvalue weighted by Crippen LogP contribution is 2.27. The van der Waals surface area contributed by atoms with Crippen LogP contribution in [0.4, 0.5) is 0 Å². The van der Waals surface area contributed by atoms with Gasteiger partial charge in [-0.25, -0.2) is 4.68 Å². The molecular weight excluding hydrogens is 300 g/mol. The third-order valence-electron chi connectivity index (χ3n) is 4.44. The lowest BCUT2D eigenvalue weighted by molar-refractivity contribution is -0.120. The van der Waals surface area contributed by atoms with Crippen LogP contribution < -0.4 is 10.6 Å². The number of amides is 1. The first-order valence-corrected chi connectivity index (χ1v) is 8.66. The molecule has 0 aliphatic heterocycles. The standard InChI is InChI=1S/C19H26N4O/c1-13-10-14(2)23(22-13)18-8-6-17(7-9-18)15(3)21-19(24)12-20-11-16-4-5-16/h6-10,15-16,20H,4-5,11-12H2,1-3H3,(H,21,24). The molecule has 1 aromatic carbocycles. The van der Waals surface area contributed by atoms with Crippen LogP contribution in [-0.2, 0) is 4.79 Å². The summed E-state index contributed by atoms with van der Waals surface area (Å²) in [5.74, 6) is 0.836. The maximum Gasteiger partial charge on any atom is 0.234 e. The predicted molar refractivity (Wildman–Crippen MR) is 95.2 cm³/mol. The van der Waals surface area contributed by atoms with Crippen LogP contribution in [0.3, 0.4) is 0 Å². The van der Waals surface area contributed by atoms with Crippen molar-refractivity contribution in [3.05, 3.63) is 47.3 Å². The Balaban J connectivity index is 1.55. The van der Waals surface area contributed by atoms with Gasteiger partial charge in [0.05, 0.1) is 24.0 Å². The molecule has 24 heavy (non-hydrogen) atoms. The fraction of sp³-hybridized carbons (Fsp3) is 0.474. The molecule has 2 N–H and O–H groups in total. The normalized spacial score (nSPS) is 15.3. The Labute approximate surface area is 143 Å². The van der Waals surface area contributed by atoms with E-state index in [-0.39, 0.29) is 11.9 Å². The molecule has 1 fully saturated rings. The first-order chi connectivity index (χ1) is 11.5. The van der Waals surface area contributed by atoms with E-state index in [0.717, 1.165) is 35.1 Å². The van der Waals surface area contributed by atoms with E-state index < -0.39 is 0 Å². The highest BCUT2D eigenvalue weighted by Gasteiger charge is 2.20. The SMILES string of the molecule is Cc1cc(C)n(-c2ccc(C(C)NC(=O)CNCC3CC3)cc2)n1. The molecule has 3 rings (SSSR count). The van der Waals surface area contributed by atoms with Crippen LogP contribution in [0, 0.1) is 19.8 Å². The summed E-state index contributed by atoms with van der Waals surface area (Å²) in [4.78, 5) is 12.0. The van der Waals surface area contributed by atoms with Gasteiger partial charge in [-0.2, -0.15) is 5.10 Å². The van der Waals surface area contributed by atoms with E-state index in [2.05, 4.69) is 21.8 Å². The second kappa shape index (κ2) is 7.18. The van der Waals surface area contributed by atoms with Crippen LogP contribution in [0.25, 0.3) is 5.69 Å². The van der Waals surface area contributed by atoms with Gasteiger partial charge in [-0.1, -0.05) is 12.1 Å². The first kappa shape index (κ1) is 16.7. The molecule has 0 radical (unpaired) electrons. The van der Waals surface area contributed by atoms with Crippen molar-refractivity contribution in [2.45, 2.75) is 39.7 Å². The van der Waals surface area contributed by atoms with Crippen LogP contribution in [0.2, 0.25) is 0 Å². The van der Waals surface area contributed by atoms with Crippen molar-refractivity contribution < 1.29 is 4.79 Å². The number of nitrogens with one attached hydrogen (secondary N) is 2. The van der Waals surface area contributed by atoms with Gasteiger partial charge in [-0.15, -0.1) is 0 Å². The van der Waals surface area contributed by atoms with Crippen molar-refractivity contribution in [1.82, 2.24) is 20.4 Å². The fourth-order valence-electron chi connectivity index (χ4n) is 2.88. The van der Waals surface area contributed by atoms with Gasteiger partial charge >= 0.3 is 0 Å². The summed E-state index contributed by atoms with van der Waals surface area (Å²) in [5.41, 5.74) is 4.25. The molecule has 1 aromatic heterocycles. The van der Waals surface area contributed by atoms with E-state index in [1.165, 1.54) is 12.8 Å². The van der Waals surface area contributed by atoms with E-state index in [9.17, 15) is 4.79 Å². The minimum atomic E-state index is -0.00488. The van der Waals surface area contributed by atoms with Crippen LogP contribution >= 0.6 is 0 Å². The topological polar surface area (TPSA) is 59.0 Å². The highest BCUT2D eigenvalue weighted by molar-refractivity contribution is 5.78. The summed E-state index contributed by atoms with van der Waals surface area (Å²) in [7, 11) is 0. The smallest absolute Gasteiger partial charge is 0.234 e. The number of hydrogen-bond donors (Lipinski definition) is 2. The first-order valence-electron chi connectivity index (χ1n) is 8.66. The number of benzene rings is 1. The van der Waals surface area contributed by atoms with Crippen LogP contribution in [-0.4, -0.2) is 28.8 Å². The Bertz CT molecular complexity index is 701. The van der Waals surface area contributed by atoms with Gasteiger partial charge in [-0.05, 0) is 69.8 Å². The lowest BCUT2D eigenvalue weighted by Crippen LogP contribution is -2.36. The number of hydrogen-bond acceptors (Lipinski definition) is 3. The monoisotopic (exact) mass is 326 g/mol. The van der Waals surface area contributed by atoms with Crippen LogP contribution in [0.5, 0.6) is 0 Å². The van der Waals surface area contributed by atoms with Gasteiger partial charge in [0, 0.05) is 5.69 Å². The van der Waals surface area contributed by atoms with Gasteiger partial charge in [0.15, 0.2) is 0 Å². The fourth-order valence-corrected chi connectivity index (χ4v) is 2.88. The zero-order valence-electron chi connectivity index (χ0n) is 14.7. The molecule has 1 atom stereocenters. The van der Waals surface area contributed by atoms with Gasteiger partial charge < -0.3 is 10.6 Å². The van der Waals surface area contributed by atoms with Crippen molar-refractivity contribution in [1.29, 1.82) is 0 Å². The molecule has 128 valence electrons. The number of carbonyl (C=O) groups excluding carboxylic acids is 1. The third kappa shape index (κ3) is 4.23. The summed E-state index contributed by atoms with van der Waals surface area (Å²) in [5, 5.41) is 10.8. The zero-order chi connectivity index (χ0) is 17.1. The predicted octanol–water partition coefficient (Wildman–Crippen LogP) is 2.67. The molecule has 1 aliphatic rings. The van der Waals surface area contributed by atoms with Crippen molar-refractivity contribution in [2.24, 2.45) is 5.92 Å². The van der Waals surface area contributed by atoms with Crippen LogP contribution in [0.15, 0.2) is 30.3 Å². The molecule has 1 amide bonds. The van der Waals surface area contributed by atoms with Crippen molar-refractivity contribution in [2.75, 3.05) is 13.1 Å². The Morgan fingerprint density at radius 2 is 2.00 bits per heavy atom. The van der Waals surface area contributed by atoms with E-state index in [1.807, 2.05) is 49.7 Å². The average molecular weight is 326 g/mol. The average Bonchev–Trinajstić information content (AvgIpc) is 3.30. The van der Waals surface area contributed by atoms with Crippen LogP contribution in [0.1, 0.15) is 42.8 Å². The number of aromatic nitrogens is 2. The van der Waals surface area contributed by atoms with E-state index in [1.54, 1.807) is 0 Å². The summed E-state index contributed by atoms with van der Waals surface area (Å²) in [6, 6.07) is 10.2. The van der Waals surface area contributed by atoms with Gasteiger partial charge in [0.25, 0.3) is 0 Å². The van der Waals surface area contributed by atoms with Gasteiger partial charge in [0.1, 0.15) is 0 Å². The molecule has 1 aliphatic carbocycles. The number of aryl methyl sites for hydroxylation is 2. The largest absolute Gasteiger partial charge is 0.348 e. The van der Waals surface area contributed by atoms with Crippen molar-refractivity contribution in [3.63, 3.8) is 0 Å². The Kier molecular flexibility index (Phi) is 5.00. The second-order valence-electron chi connectivity index (χ2n) is 6.79. The number of carbonyl (C=O) groups is 1. The second-order valence-corrected chi connectivity index (χ2v) is 6.79. The Morgan fingerprint density at radius 3 is 2.58 bits per heavy atom. The summed E-state index contributed by atoms with van der Waals surface area (Å²) < 4.78 is 1.93. The number of nitrogens with zero attached hydrogens (tertiary/aromatic N) is 2. The Hall–Kier alpha value is -2.14.